The molecule has 5 N–H and O–H groups in total. The first-order valence-corrected chi connectivity index (χ1v) is 6.00. The maximum absolute atomic E-state index is 12.2. The fourth-order valence-electron chi connectivity index (χ4n) is 2.06. The number of carbonyl (C=O) groups is 2. The van der Waals surface area contributed by atoms with Crippen LogP contribution in [0, 0.1) is 0 Å². The molecule has 0 bridgehead atoms. The van der Waals surface area contributed by atoms with E-state index >= 15 is 0 Å². The summed E-state index contributed by atoms with van der Waals surface area (Å²) in [5.74, 6) is -1.61. The lowest BCUT2D eigenvalue weighted by molar-refractivity contribution is -0.143. The number of rotatable bonds is 5. The second kappa shape index (κ2) is 4.89. The molecule has 1 aromatic rings. The highest BCUT2D eigenvalue weighted by molar-refractivity contribution is 5.94. The summed E-state index contributed by atoms with van der Waals surface area (Å²) in [5, 5.41) is 20.1. The van der Waals surface area contributed by atoms with Crippen LogP contribution in [0.4, 0.5) is 5.69 Å². The summed E-state index contributed by atoms with van der Waals surface area (Å²) in [4.78, 5) is 23.0. The first-order chi connectivity index (χ1) is 8.99. The van der Waals surface area contributed by atoms with Gasteiger partial charge in [-0.2, -0.15) is 0 Å². The van der Waals surface area contributed by atoms with Gasteiger partial charge in [-0.15, -0.1) is 0 Å². The number of nitrogens with two attached hydrogens (primary N) is 1. The second-order valence-electron chi connectivity index (χ2n) is 4.75. The number of benzene rings is 1. The third-order valence-electron chi connectivity index (χ3n) is 3.43. The molecule has 0 spiro atoms. The van der Waals surface area contributed by atoms with E-state index in [2.05, 4.69) is 5.32 Å². The van der Waals surface area contributed by atoms with Gasteiger partial charge in [0.2, 0.25) is 5.91 Å². The zero-order valence-corrected chi connectivity index (χ0v) is 10.3. The average Bonchev–Trinajstić information content (AvgIpc) is 3.17. The fourth-order valence-corrected chi connectivity index (χ4v) is 2.06. The molecule has 1 atom stereocenters. The van der Waals surface area contributed by atoms with Crippen LogP contribution >= 0.6 is 0 Å². The van der Waals surface area contributed by atoms with Crippen LogP contribution in [0.1, 0.15) is 18.4 Å². The summed E-state index contributed by atoms with van der Waals surface area (Å²) in [6.45, 7) is -0.626. The van der Waals surface area contributed by atoms with Crippen molar-refractivity contribution >= 4 is 17.6 Å². The molecule has 1 aromatic carbocycles. The van der Waals surface area contributed by atoms with E-state index in [0.29, 0.717) is 18.5 Å². The molecule has 2 rings (SSSR count). The SMILES string of the molecule is Nc1ccc(C2(C(=O)N[C@@H](CO)C(=O)O)CC2)cc1. The van der Waals surface area contributed by atoms with Crippen LogP contribution in [-0.4, -0.2) is 34.7 Å². The molecular formula is C13H16N2O4. The maximum Gasteiger partial charge on any atom is 0.328 e. The van der Waals surface area contributed by atoms with Crippen LogP contribution in [0.15, 0.2) is 24.3 Å². The van der Waals surface area contributed by atoms with E-state index in [1.54, 1.807) is 24.3 Å². The van der Waals surface area contributed by atoms with Crippen molar-refractivity contribution in [3.05, 3.63) is 29.8 Å². The molecule has 1 aliphatic carbocycles. The maximum atomic E-state index is 12.2. The average molecular weight is 264 g/mol. The van der Waals surface area contributed by atoms with Gasteiger partial charge in [-0.3, -0.25) is 4.79 Å². The highest BCUT2D eigenvalue weighted by Gasteiger charge is 2.51. The van der Waals surface area contributed by atoms with Crippen molar-refractivity contribution < 1.29 is 19.8 Å². The molecule has 6 heteroatoms. The number of aliphatic hydroxyl groups is 1. The van der Waals surface area contributed by atoms with Crippen molar-refractivity contribution in [2.45, 2.75) is 24.3 Å². The number of anilines is 1. The van der Waals surface area contributed by atoms with Crippen molar-refractivity contribution in [1.82, 2.24) is 5.32 Å². The second-order valence-corrected chi connectivity index (χ2v) is 4.75. The van der Waals surface area contributed by atoms with Gasteiger partial charge < -0.3 is 21.3 Å². The summed E-state index contributed by atoms with van der Waals surface area (Å²) in [6.07, 6.45) is 1.33. The number of aliphatic carboxylic acids is 1. The lowest BCUT2D eigenvalue weighted by Gasteiger charge is -2.19. The molecule has 0 unspecified atom stereocenters. The minimum atomic E-state index is -1.27. The Bertz CT molecular complexity index is 494. The van der Waals surface area contributed by atoms with Crippen molar-refractivity contribution in [2.24, 2.45) is 0 Å². The standard InChI is InChI=1S/C13H16N2O4/c14-9-3-1-8(2-4-9)13(5-6-13)12(19)15-10(7-16)11(17)18/h1-4,10,16H,5-7,14H2,(H,15,19)(H,17,18)/t10-/m0/s1. The number of carboxylic acid groups (broad SMARTS) is 1. The molecule has 0 saturated heterocycles. The lowest BCUT2D eigenvalue weighted by Crippen LogP contribution is -2.47. The van der Waals surface area contributed by atoms with E-state index in [9.17, 15) is 9.59 Å². The molecule has 1 aliphatic rings. The predicted octanol–water partition coefficient (Wildman–Crippen LogP) is -0.138. The molecule has 1 fully saturated rings. The van der Waals surface area contributed by atoms with Crippen LogP contribution in [0.3, 0.4) is 0 Å². The van der Waals surface area contributed by atoms with Gasteiger partial charge in [-0.25, -0.2) is 4.79 Å². The smallest absolute Gasteiger partial charge is 0.328 e. The van der Waals surface area contributed by atoms with Crippen LogP contribution in [-0.2, 0) is 15.0 Å². The lowest BCUT2D eigenvalue weighted by atomic mass is 9.94. The molecule has 0 heterocycles. The van der Waals surface area contributed by atoms with E-state index in [1.807, 2.05) is 0 Å². The minimum absolute atomic E-state index is 0.362. The number of nitrogens with one attached hydrogen (secondary N) is 1. The Balaban J connectivity index is 2.14. The Morgan fingerprint density at radius 3 is 2.32 bits per heavy atom. The van der Waals surface area contributed by atoms with Crippen molar-refractivity contribution in [3.8, 4) is 0 Å². The summed E-state index contributed by atoms with van der Waals surface area (Å²) in [7, 11) is 0. The van der Waals surface area contributed by atoms with E-state index in [0.717, 1.165) is 5.56 Å². The molecule has 1 amide bonds. The zero-order valence-electron chi connectivity index (χ0n) is 10.3. The topological polar surface area (TPSA) is 113 Å². The quantitative estimate of drug-likeness (QED) is 0.553. The largest absolute Gasteiger partial charge is 0.480 e. The number of nitrogen functional groups attached to an aromatic ring is 1. The van der Waals surface area contributed by atoms with Gasteiger partial charge in [0.1, 0.15) is 6.04 Å². The first-order valence-electron chi connectivity index (χ1n) is 6.00. The van der Waals surface area contributed by atoms with Gasteiger partial charge in [-0.05, 0) is 30.5 Å². The van der Waals surface area contributed by atoms with Crippen molar-refractivity contribution in [3.63, 3.8) is 0 Å². The predicted molar refractivity (Wildman–Crippen MR) is 68.4 cm³/mol. The van der Waals surface area contributed by atoms with Gasteiger partial charge in [0.05, 0.1) is 12.0 Å². The Kier molecular flexibility index (Phi) is 3.44. The van der Waals surface area contributed by atoms with E-state index in [1.165, 1.54) is 0 Å². The van der Waals surface area contributed by atoms with Crippen LogP contribution in [0.25, 0.3) is 0 Å². The van der Waals surface area contributed by atoms with Crippen molar-refractivity contribution in [2.75, 3.05) is 12.3 Å². The van der Waals surface area contributed by atoms with Crippen LogP contribution in [0.5, 0.6) is 0 Å². The van der Waals surface area contributed by atoms with Gasteiger partial charge in [0, 0.05) is 5.69 Å². The summed E-state index contributed by atoms with van der Waals surface area (Å²) < 4.78 is 0. The monoisotopic (exact) mass is 264 g/mol. The third-order valence-corrected chi connectivity index (χ3v) is 3.43. The zero-order chi connectivity index (χ0) is 14.0. The fraction of sp³-hybridized carbons (Fsp3) is 0.385. The van der Waals surface area contributed by atoms with E-state index in [-0.39, 0.29) is 5.91 Å². The number of hydrogen-bond donors (Lipinski definition) is 4. The molecule has 0 radical (unpaired) electrons. The van der Waals surface area contributed by atoms with Gasteiger partial charge in [0.15, 0.2) is 0 Å². The third kappa shape index (κ3) is 2.53. The number of carbonyl (C=O) groups excluding carboxylic acids is 1. The van der Waals surface area contributed by atoms with E-state index in [4.69, 9.17) is 15.9 Å². The first kappa shape index (κ1) is 13.4. The number of aliphatic hydroxyl groups excluding tert-OH is 1. The van der Waals surface area contributed by atoms with Crippen LogP contribution in [0.2, 0.25) is 0 Å². The number of carboxylic acids is 1. The number of amides is 1. The Morgan fingerprint density at radius 2 is 1.89 bits per heavy atom. The Morgan fingerprint density at radius 1 is 1.32 bits per heavy atom. The highest BCUT2D eigenvalue weighted by atomic mass is 16.4. The molecule has 19 heavy (non-hydrogen) atoms. The molecular weight excluding hydrogens is 248 g/mol. The van der Waals surface area contributed by atoms with E-state index < -0.39 is 24.0 Å². The van der Waals surface area contributed by atoms with Gasteiger partial charge >= 0.3 is 5.97 Å². The van der Waals surface area contributed by atoms with Gasteiger partial charge in [-0.1, -0.05) is 12.1 Å². The highest BCUT2D eigenvalue weighted by Crippen LogP contribution is 2.48. The molecule has 0 aliphatic heterocycles. The summed E-state index contributed by atoms with van der Waals surface area (Å²) in [5.41, 5.74) is 6.36. The molecule has 6 nitrogen and oxygen atoms in total. The Hall–Kier alpha value is -2.08. The number of hydrogen-bond acceptors (Lipinski definition) is 4. The van der Waals surface area contributed by atoms with Crippen molar-refractivity contribution in [1.29, 1.82) is 0 Å². The molecule has 102 valence electrons. The summed E-state index contributed by atoms with van der Waals surface area (Å²) >= 11 is 0. The normalized spacial score (nSPS) is 17.5. The van der Waals surface area contributed by atoms with Crippen LogP contribution < -0.4 is 11.1 Å². The Labute approximate surface area is 110 Å². The summed E-state index contributed by atoms with van der Waals surface area (Å²) in [6, 6.07) is 5.71. The molecule has 0 aromatic heterocycles. The minimum Gasteiger partial charge on any atom is -0.480 e. The molecule has 1 saturated carbocycles. The van der Waals surface area contributed by atoms with Gasteiger partial charge in [0.25, 0.3) is 0 Å².